The normalized spacial score (nSPS) is 13.9. The maximum absolute atomic E-state index is 12.7. The predicted octanol–water partition coefficient (Wildman–Crippen LogP) is 2.78. The van der Waals surface area contributed by atoms with Gasteiger partial charge in [0.2, 0.25) is 10.0 Å². The van der Waals surface area contributed by atoms with Crippen molar-refractivity contribution in [3.05, 3.63) is 33.3 Å². The van der Waals surface area contributed by atoms with E-state index in [1.54, 1.807) is 32.2 Å². The Morgan fingerprint density at radius 1 is 1.30 bits per heavy atom. The summed E-state index contributed by atoms with van der Waals surface area (Å²) in [5.74, 6) is 0. The van der Waals surface area contributed by atoms with E-state index >= 15 is 0 Å². The Hall–Kier alpha value is -1.18. The van der Waals surface area contributed by atoms with Gasteiger partial charge >= 0.3 is 0 Å². The van der Waals surface area contributed by atoms with Crippen LogP contribution in [-0.2, 0) is 10.0 Å². The highest BCUT2D eigenvalue weighted by Crippen LogP contribution is 2.31. The molecule has 0 spiro atoms. The van der Waals surface area contributed by atoms with Gasteiger partial charge in [-0.2, -0.15) is 9.40 Å². The van der Waals surface area contributed by atoms with Crippen LogP contribution in [0.3, 0.4) is 0 Å². The van der Waals surface area contributed by atoms with Crippen molar-refractivity contribution in [2.24, 2.45) is 0 Å². The first-order valence-corrected chi connectivity index (χ1v) is 8.56. The van der Waals surface area contributed by atoms with E-state index in [4.69, 9.17) is 0 Å². The summed E-state index contributed by atoms with van der Waals surface area (Å²) in [6.07, 6.45) is 0. The smallest absolute Gasteiger partial charge is 0.247 e. The molecule has 2 rings (SSSR count). The Morgan fingerprint density at radius 2 is 1.95 bits per heavy atom. The highest BCUT2D eigenvalue weighted by atomic mass is 32.2. The average molecular weight is 313 g/mol. The second-order valence-corrected chi connectivity index (χ2v) is 8.16. The Bertz CT molecular complexity index is 696. The molecule has 0 saturated heterocycles. The summed E-state index contributed by atoms with van der Waals surface area (Å²) in [7, 11) is -1.94. The molecule has 0 fully saturated rings. The highest BCUT2D eigenvalue weighted by molar-refractivity contribution is 7.89. The van der Waals surface area contributed by atoms with Gasteiger partial charge in [-0.15, -0.1) is 11.3 Å². The molecule has 0 saturated carbocycles. The van der Waals surface area contributed by atoms with Crippen molar-refractivity contribution in [3.63, 3.8) is 0 Å². The second kappa shape index (κ2) is 5.31. The lowest BCUT2D eigenvalue weighted by Gasteiger charge is -2.23. The number of sulfonamides is 1. The van der Waals surface area contributed by atoms with Gasteiger partial charge in [-0.1, -0.05) is 0 Å². The Balaban J connectivity index is 2.39. The molecular weight excluding hydrogens is 294 g/mol. The van der Waals surface area contributed by atoms with Crippen molar-refractivity contribution in [1.29, 1.82) is 0 Å². The van der Waals surface area contributed by atoms with Crippen LogP contribution in [0.2, 0.25) is 0 Å². The van der Waals surface area contributed by atoms with Crippen LogP contribution in [0.4, 0.5) is 0 Å². The first kappa shape index (κ1) is 15.2. The highest BCUT2D eigenvalue weighted by Gasteiger charge is 2.31. The summed E-state index contributed by atoms with van der Waals surface area (Å²) in [5, 5.41) is 6.70. The third-order valence-corrected chi connectivity index (χ3v) is 6.78. The zero-order valence-corrected chi connectivity index (χ0v) is 13.9. The molecule has 2 aromatic rings. The van der Waals surface area contributed by atoms with E-state index in [1.807, 2.05) is 26.0 Å². The van der Waals surface area contributed by atoms with Gasteiger partial charge in [-0.05, 0) is 39.8 Å². The molecule has 0 aromatic carbocycles. The second-order valence-electron chi connectivity index (χ2n) is 4.91. The third kappa shape index (κ3) is 2.53. The van der Waals surface area contributed by atoms with Gasteiger partial charge in [-0.25, -0.2) is 8.42 Å². The van der Waals surface area contributed by atoms with Crippen molar-refractivity contribution in [3.8, 4) is 0 Å². The lowest BCUT2D eigenvalue weighted by molar-refractivity contribution is 0.402. The van der Waals surface area contributed by atoms with Crippen molar-refractivity contribution >= 4 is 21.4 Å². The van der Waals surface area contributed by atoms with Gasteiger partial charge in [0, 0.05) is 16.8 Å². The van der Waals surface area contributed by atoms with Crippen LogP contribution in [0.15, 0.2) is 17.0 Å². The summed E-state index contributed by atoms with van der Waals surface area (Å²) in [4.78, 5) is 2.49. The number of hydrogen-bond acceptors (Lipinski definition) is 4. The van der Waals surface area contributed by atoms with E-state index in [0.717, 1.165) is 4.88 Å². The molecular formula is C13H19N3O2S2. The summed E-state index contributed by atoms with van der Waals surface area (Å²) >= 11 is 1.62. The van der Waals surface area contributed by atoms with Crippen LogP contribution in [0.1, 0.15) is 34.1 Å². The molecule has 1 atom stereocenters. The van der Waals surface area contributed by atoms with Crippen molar-refractivity contribution in [1.82, 2.24) is 14.5 Å². The number of nitrogens with zero attached hydrogens (tertiary/aromatic N) is 2. The molecule has 0 aliphatic rings. The summed E-state index contributed by atoms with van der Waals surface area (Å²) in [6.45, 7) is 7.33. The van der Waals surface area contributed by atoms with Gasteiger partial charge in [0.15, 0.2) is 0 Å². The number of aryl methyl sites for hydroxylation is 3. The fourth-order valence-electron chi connectivity index (χ4n) is 2.13. The summed E-state index contributed by atoms with van der Waals surface area (Å²) in [5.41, 5.74) is 1.08. The quantitative estimate of drug-likeness (QED) is 0.944. The maximum atomic E-state index is 12.7. The van der Waals surface area contributed by atoms with E-state index in [1.165, 1.54) is 9.18 Å². The molecule has 5 nitrogen and oxygen atoms in total. The number of aromatic nitrogens is 2. The number of rotatable bonds is 4. The monoisotopic (exact) mass is 313 g/mol. The van der Waals surface area contributed by atoms with Crippen LogP contribution in [-0.4, -0.2) is 30.0 Å². The van der Waals surface area contributed by atoms with E-state index in [9.17, 15) is 8.42 Å². The lowest BCUT2D eigenvalue weighted by atomic mass is 10.3. The number of hydrogen-bond donors (Lipinski definition) is 1. The third-order valence-electron chi connectivity index (χ3n) is 3.42. The minimum absolute atomic E-state index is 0.201. The van der Waals surface area contributed by atoms with E-state index < -0.39 is 10.0 Å². The predicted molar refractivity (Wildman–Crippen MR) is 80.5 cm³/mol. The van der Waals surface area contributed by atoms with Crippen LogP contribution < -0.4 is 0 Å². The number of aromatic amines is 1. The Kier molecular flexibility index (Phi) is 4.04. The van der Waals surface area contributed by atoms with Crippen molar-refractivity contribution in [2.45, 2.75) is 38.6 Å². The number of thiophene rings is 1. The topological polar surface area (TPSA) is 66.1 Å². The van der Waals surface area contributed by atoms with Crippen LogP contribution in [0.25, 0.3) is 0 Å². The first-order chi connectivity index (χ1) is 9.25. The number of nitrogens with one attached hydrogen (secondary N) is 1. The van der Waals surface area contributed by atoms with Crippen molar-refractivity contribution in [2.75, 3.05) is 7.05 Å². The fourth-order valence-corrected chi connectivity index (χ4v) is 4.84. The Labute approximate surface area is 123 Å². The Morgan fingerprint density at radius 3 is 2.40 bits per heavy atom. The zero-order valence-electron chi connectivity index (χ0n) is 12.3. The fraction of sp³-hybridized carbons (Fsp3) is 0.462. The maximum Gasteiger partial charge on any atom is 0.247 e. The van der Waals surface area contributed by atoms with Gasteiger partial charge < -0.3 is 0 Å². The summed E-state index contributed by atoms with van der Waals surface area (Å²) in [6, 6.07) is 3.78. The van der Waals surface area contributed by atoms with Crippen LogP contribution in [0, 0.1) is 20.8 Å². The van der Waals surface area contributed by atoms with E-state index in [-0.39, 0.29) is 10.9 Å². The molecule has 1 unspecified atom stereocenters. The molecule has 0 radical (unpaired) electrons. The molecule has 0 bridgehead atoms. The molecule has 0 amide bonds. The molecule has 7 heteroatoms. The number of H-pyrrole nitrogens is 1. The van der Waals surface area contributed by atoms with Gasteiger partial charge in [0.05, 0.1) is 17.4 Å². The molecule has 2 aromatic heterocycles. The SMILES string of the molecule is Cc1ccc(C(C)N(C)S(=O)(=O)c2c(C)n[nH]c2C)s1. The van der Waals surface area contributed by atoms with Crippen LogP contribution >= 0.6 is 11.3 Å². The molecule has 110 valence electrons. The van der Waals surface area contributed by atoms with E-state index in [2.05, 4.69) is 10.2 Å². The lowest BCUT2D eigenvalue weighted by Crippen LogP contribution is -2.30. The average Bonchev–Trinajstić information content (AvgIpc) is 2.94. The minimum Gasteiger partial charge on any atom is -0.281 e. The van der Waals surface area contributed by atoms with Crippen molar-refractivity contribution < 1.29 is 8.42 Å². The zero-order chi connectivity index (χ0) is 15.1. The molecule has 1 N–H and O–H groups in total. The standard InChI is InChI=1S/C13H19N3O2S2/c1-8-6-7-12(19-8)11(4)16(5)20(17,18)13-9(2)14-15-10(13)3/h6-7,11H,1-5H3,(H,14,15). The van der Waals surface area contributed by atoms with Crippen LogP contribution in [0.5, 0.6) is 0 Å². The molecule has 0 aliphatic carbocycles. The molecule has 0 aliphatic heterocycles. The van der Waals surface area contributed by atoms with E-state index in [0.29, 0.717) is 11.4 Å². The van der Waals surface area contributed by atoms with Gasteiger partial charge in [-0.3, -0.25) is 5.10 Å². The van der Waals surface area contributed by atoms with Gasteiger partial charge in [0.1, 0.15) is 4.90 Å². The van der Waals surface area contributed by atoms with Gasteiger partial charge in [0.25, 0.3) is 0 Å². The molecule has 20 heavy (non-hydrogen) atoms. The first-order valence-electron chi connectivity index (χ1n) is 6.31. The summed E-state index contributed by atoms with van der Waals surface area (Å²) < 4.78 is 26.9. The largest absolute Gasteiger partial charge is 0.281 e. The molecule has 2 heterocycles. The minimum atomic E-state index is -3.55.